The van der Waals surface area contributed by atoms with E-state index in [1.807, 2.05) is 16.9 Å². The Labute approximate surface area is 156 Å². The van der Waals surface area contributed by atoms with Crippen molar-refractivity contribution in [3.8, 4) is 11.3 Å². The van der Waals surface area contributed by atoms with Gasteiger partial charge >= 0.3 is 0 Å². The minimum Gasteiger partial charge on any atom is -0.341 e. The first-order valence-corrected chi connectivity index (χ1v) is 9.31. The predicted octanol–water partition coefficient (Wildman–Crippen LogP) is 2.13. The van der Waals surface area contributed by atoms with Crippen LogP contribution in [0.25, 0.3) is 11.3 Å². The quantitative estimate of drug-likeness (QED) is 0.767. The molecule has 0 aromatic carbocycles. The lowest BCUT2D eigenvalue weighted by atomic mass is 10.1. The normalized spacial score (nSPS) is 18.5. The Morgan fingerprint density at radius 2 is 2.07 bits per heavy atom. The predicted molar refractivity (Wildman–Crippen MR) is 98.0 cm³/mol. The van der Waals surface area contributed by atoms with E-state index in [2.05, 4.69) is 32.5 Å². The maximum atomic E-state index is 12.6. The summed E-state index contributed by atoms with van der Waals surface area (Å²) in [5.74, 6) is 1.32. The highest BCUT2D eigenvalue weighted by Crippen LogP contribution is 2.40. The van der Waals surface area contributed by atoms with E-state index in [1.165, 1.54) is 17.5 Å². The molecule has 2 aliphatic rings. The Kier molecular flexibility index (Phi) is 3.60. The van der Waals surface area contributed by atoms with Crippen molar-refractivity contribution in [2.24, 2.45) is 7.05 Å². The molecule has 0 spiro atoms. The van der Waals surface area contributed by atoms with E-state index in [4.69, 9.17) is 5.10 Å². The molecule has 8 heteroatoms. The van der Waals surface area contributed by atoms with E-state index in [-0.39, 0.29) is 11.9 Å². The summed E-state index contributed by atoms with van der Waals surface area (Å²) in [6, 6.07) is 6.15. The summed E-state index contributed by atoms with van der Waals surface area (Å²) >= 11 is 0. The smallest absolute Gasteiger partial charge is 0.289 e. The molecule has 0 bridgehead atoms. The van der Waals surface area contributed by atoms with Crippen LogP contribution in [0.2, 0.25) is 0 Å². The molecule has 1 N–H and O–H groups in total. The Balaban J connectivity index is 1.38. The molecule has 0 radical (unpaired) electrons. The topological polar surface area (TPSA) is 90.5 Å². The van der Waals surface area contributed by atoms with E-state index < -0.39 is 0 Å². The van der Waals surface area contributed by atoms with Gasteiger partial charge in [0.1, 0.15) is 5.82 Å². The largest absolute Gasteiger partial charge is 0.341 e. The molecule has 3 aromatic heterocycles. The number of carbonyl (C=O) groups excluding carboxylic acids is 1. The molecule has 1 fully saturated rings. The highest BCUT2D eigenvalue weighted by Gasteiger charge is 2.29. The lowest BCUT2D eigenvalue weighted by molar-refractivity contribution is 0.0922. The second-order valence-corrected chi connectivity index (χ2v) is 7.34. The Hall–Kier alpha value is -3.03. The highest BCUT2D eigenvalue weighted by molar-refractivity contribution is 5.91. The fourth-order valence-electron chi connectivity index (χ4n) is 3.72. The number of pyridine rings is 1. The van der Waals surface area contributed by atoms with Crippen LogP contribution in [0.15, 0.2) is 24.4 Å². The molecule has 1 aliphatic carbocycles. The first kappa shape index (κ1) is 16.2. The molecule has 5 rings (SSSR count). The van der Waals surface area contributed by atoms with Crippen molar-refractivity contribution in [1.82, 2.24) is 34.8 Å². The average Bonchev–Trinajstić information content (AvgIpc) is 3.19. The molecular formula is C19H21N7O. The average molecular weight is 363 g/mol. The van der Waals surface area contributed by atoms with E-state index in [1.54, 1.807) is 14.0 Å². The van der Waals surface area contributed by atoms with Gasteiger partial charge < -0.3 is 5.32 Å². The number of hydrogen-bond acceptors (Lipinski definition) is 5. The number of aromatic nitrogens is 6. The van der Waals surface area contributed by atoms with Crippen molar-refractivity contribution in [3.05, 3.63) is 47.4 Å². The summed E-state index contributed by atoms with van der Waals surface area (Å²) in [6.07, 6.45) is 5.15. The number of fused-ring (bicyclic) bond motifs is 1. The van der Waals surface area contributed by atoms with Crippen molar-refractivity contribution in [2.45, 2.75) is 44.7 Å². The Morgan fingerprint density at radius 1 is 1.22 bits per heavy atom. The summed E-state index contributed by atoms with van der Waals surface area (Å²) < 4.78 is 3.50. The lowest BCUT2D eigenvalue weighted by Crippen LogP contribution is -2.29. The van der Waals surface area contributed by atoms with Gasteiger partial charge in [-0.15, -0.1) is 0 Å². The molecule has 138 valence electrons. The van der Waals surface area contributed by atoms with Gasteiger partial charge in [0.05, 0.1) is 17.4 Å². The molecule has 1 saturated carbocycles. The van der Waals surface area contributed by atoms with Crippen LogP contribution in [0.1, 0.15) is 59.1 Å². The number of nitrogens with zero attached hydrogens (tertiary/aromatic N) is 6. The Bertz CT molecular complexity index is 1030. The van der Waals surface area contributed by atoms with Crippen molar-refractivity contribution in [3.63, 3.8) is 0 Å². The second kappa shape index (κ2) is 6.00. The molecule has 3 aromatic rings. The molecule has 1 amide bonds. The monoisotopic (exact) mass is 363 g/mol. The third-order valence-corrected chi connectivity index (χ3v) is 5.25. The first-order valence-electron chi connectivity index (χ1n) is 9.31. The summed E-state index contributed by atoms with van der Waals surface area (Å²) in [4.78, 5) is 21.3. The van der Waals surface area contributed by atoms with Crippen molar-refractivity contribution in [1.29, 1.82) is 0 Å². The van der Waals surface area contributed by atoms with Gasteiger partial charge in [-0.2, -0.15) is 10.2 Å². The summed E-state index contributed by atoms with van der Waals surface area (Å²) in [7, 11) is 1.73. The maximum absolute atomic E-state index is 12.6. The lowest BCUT2D eigenvalue weighted by Gasteiger charge is -2.11. The van der Waals surface area contributed by atoms with Crippen LogP contribution in [-0.4, -0.2) is 35.4 Å². The van der Waals surface area contributed by atoms with Crippen LogP contribution >= 0.6 is 0 Å². The second-order valence-electron chi connectivity index (χ2n) is 7.34. The van der Waals surface area contributed by atoms with Crippen LogP contribution in [0.3, 0.4) is 0 Å². The molecule has 0 saturated heterocycles. The fraction of sp³-hybridized carbons (Fsp3) is 0.421. The zero-order valence-corrected chi connectivity index (χ0v) is 15.4. The minimum absolute atomic E-state index is 0.0690. The number of aryl methyl sites for hydroxylation is 3. The third kappa shape index (κ3) is 2.90. The zero-order valence-electron chi connectivity index (χ0n) is 15.4. The van der Waals surface area contributed by atoms with Gasteiger partial charge in [0.2, 0.25) is 5.82 Å². The molecule has 4 heterocycles. The SMILES string of the molecule is Cc1nc(C(=O)N[C@@H]2CCn3nc(-c4ccnc(C5CC5)c4)cc32)n(C)n1. The van der Waals surface area contributed by atoms with E-state index in [9.17, 15) is 4.79 Å². The number of carbonyl (C=O) groups is 1. The molecule has 8 nitrogen and oxygen atoms in total. The van der Waals surface area contributed by atoms with Crippen LogP contribution in [-0.2, 0) is 13.6 Å². The van der Waals surface area contributed by atoms with Crippen LogP contribution in [0.4, 0.5) is 0 Å². The zero-order chi connectivity index (χ0) is 18.5. The number of amides is 1. The van der Waals surface area contributed by atoms with Crippen molar-refractivity contribution >= 4 is 5.91 Å². The number of hydrogen-bond donors (Lipinski definition) is 1. The van der Waals surface area contributed by atoms with Gasteiger partial charge in [0.25, 0.3) is 5.91 Å². The fourth-order valence-corrected chi connectivity index (χ4v) is 3.72. The molecule has 27 heavy (non-hydrogen) atoms. The van der Waals surface area contributed by atoms with E-state index in [0.717, 1.165) is 35.6 Å². The van der Waals surface area contributed by atoms with Gasteiger partial charge in [0, 0.05) is 37.0 Å². The third-order valence-electron chi connectivity index (χ3n) is 5.25. The van der Waals surface area contributed by atoms with Crippen molar-refractivity contribution in [2.75, 3.05) is 0 Å². The van der Waals surface area contributed by atoms with Gasteiger partial charge in [-0.25, -0.2) is 9.67 Å². The number of rotatable bonds is 4. The Morgan fingerprint density at radius 3 is 2.81 bits per heavy atom. The molecular weight excluding hydrogens is 342 g/mol. The van der Waals surface area contributed by atoms with Gasteiger partial charge in [-0.3, -0.25) is 14.5 Å². The summed E-state index contributed by atoms with van der Waals surface area (Å²) in [5.41, 5.74) is 4.20. The first-order chi connectivity index (χ1) is 13.1. The minimum atomic E-state index is -0.209. The highest BCUT2D eigenvalue weighted by atomic mass is 16.2. The standard InChI is InChI=1S/C19H21N7O/c1-11-21-18(25(2)23-11)19(27)22-14-6-8-26-17(14)10-16(24-26)13-5-7-20-15(9-13)12-3-4-12/h5,7,9-10,12,14H,3-4,6,8H2,1-2H3,(H,22,27)/t14-/m1/s1. The summed E-state index contributed by atoms with van der Waals surface area (Å²) in [6.45, 7) is 2.57. The molecule has 1 atom stereocenters. The van der Waals surface area contributed by atoms with Crippen molar-refractivity contribution < 1.29 is 4.79 Å². The summed E-state index contributed by atoms with van der Waals surface area (Å²) in [5, 5.41) is 12.0. The van der Waals surface area contributed by atoms with Crippen LogP contribution in [0.5, 0.6) is 0 Å². The van der Waals surface area contributed by atoms with Crippen LogP contribution < -0.4 is 5.32 Å². The van der Waals surface area contributed by atoms with Gasteiger partial charge in [-0.1, -0.05) is 0 Å². The van der Waals surface area contributed by atoms with Gasteiger partial charge in [0.15, 0.2) is 0 Å². The van der Waals surface area contributed by atoms with Gasteiger partial charge in [-0.05, 0) is 44.4 Å². The maximum Gasteiger partial charge on any atom is 0.289 e. The van der Waals surface area contributed by atoms with E-state index >= 15 is 0 Å². The molecule has 1 aliphatic heterocycles. The molecule has 0 unspecified atom stereocenters. The van der Waals surface area contributed by atoms with Crippen LogP contribution in [0, 0.1) is 6.92 Å². The van der Waals surface area contributed by atoms with E-state index in [0.29, 0.717) is 17.6 Å². The number of nitrogens with one attached hydrogen (secondary N) is 1.